The summed E-state index contributed by atoms with van der Waals surface area (Å²) in [5.41, 5.74) is 1.98. The molecule has 0 saturated heterocycles. The lowest BCUT2D eigenvalue weighted by molar-refractivity contribution is 0.0526. The summed E-state index contributed by atoms with van der Waals surface area (Å²) in [5.74, 6) is -0.638. The van der Waals surface area contributed by atoms with Crippen molar-refractivity contribution < 1.29 is 14.3 Å². The lowest BCUT2D eigenvalue weighted by Gasteiger charge is -2.22. The van der Waals surface area contributed by atoms with Gasteiger partial charge in [0.2, 0.25) is 0 Å². The predicted molar refractivity (Wildman–Crippen MR) is 103 cm³/mol. The van der Waals surface area contributed by atoms with Gasteiger partial charge in [0.05, 0.1) is 12.2 Å². The monoisotopic (exact) mass is 398 g/mol. The molecule has 1 aliphatic heterocycles. The number of aryl methyl sites for hydroxylation is 1. The molecule has 1 amide bonds. The van der Waals surface area contributed by atoms with Crippen LogP contribution in [-0.4, -0.2) is 46.8 Å². The molecule has 1 aliphatic rings. The Balaban J connectivity index is 0.00000243. The Morgan fingerprint density at radius 3 is 2.85 bits per heavy atom. The van der Waals surface area contributed by atoms with Gasteiger partial charge < -0.3 is 15.0 Å². The van der Waals surface area contributed by atoms with E-state index in [1.54, 1.807) is 23.9 Å². The molecule has 7 nitrogen and oxygen atoms in total. The highest BCUT2D eigenvalue weighted by Crippen LogP contribution is 2.37. The van der Waals surface area contributed by atoms with Crippen molar-refractivity contribution in [2.24, 2.45) is 0 Å². The zero-order chi connectivity index (χ0) is 18.0. The number of thiophene rings is 1. The molecule has 0 fully saturated rings. The SMILES string of the molecule is CCOC(=O)c1c(NC(=O)c2ccnn2CC)sc2c1CCN(C)C2.Cl. The van der Waals surface area contributed by atoms with Crippen LogP contribution in [0.2, 0.25) is 0 Å². The lowest BCUT2D eigenvalue weighted by Crippen LogP contribution is -2.26. The van der Waals surface area contributed by atoms with Gasteiger partial charge in [-0.3, -0.25) is 9.48 Å². The first-order chi connectivity index (χ1) is 12.0. The van der Waals surface area contributed by atoms with E-state index in [2.05, 4.69) is 15.3 Å². The molecule has 0 aliphatic carbocycles. The van der Waals surface area contributed by atoms with Crippen LogP contribution in [0.15, 0.2) is 12.3 Å². The van der Waals surface area contributed by atoms with E-state index in [-0.39, 0.29) is 24.3 Å². The molecule has 3 heterocycles. The second-order valence-corrected chi connectivity index (χ2v) is 7.01. The molecule has 26 heavy (non-hydrogen) atoms. The number of likely N-dealkylation sites (N-methyl/N-ethyl adjacent to an activating group) is 1. The Labute approximate surface area is 162 Å². The number of carbonyl (C=O) groups is 2. The number of halogens is 1. The summed E-state index contributed by atoms with van der Waals surface area (Å²) < 4.78 is 6.85. The Kier molecular flexibility index (Phi) is 6.80. The van der Waals surface area contributed by atoms with Gasteiger partial charge in [0.15, 0.2) is 0 Å². The molecule has 0 atom stereocenters. The predicted octanol–water partition coefficient (Wildman–Crippen LogP) is 2.80. The van der Waals surface area contributed by atoms with E-state index in [1.807, 2.05) is 14.0 Å². The number of nitrogens with one attached hydrogen (secondary N) is 1. The molecule has 2 aromatic heterocycles. The molecular weight excluding hydrogens is 376 g/mol. The van der Waals surface area contributed by atoms with Gasteiger partial charge in [-0.2, -0.15) is 5.10 Å². The van der Waals surface area contributed by atoms with E-state index in [0.29, 0.717) is 29.4 Å². The van der Waals surface area contributed by atoms with Gasteiger partial charge in [-0.1, -0.05) is 0 Å². The number of rotatable bonds is 5. The molecule has 0 spiro atoms. The maximum Gasteiger partial charge on any atom is 0.341 e. The van der Waals surface area contributed by atoms with Crippen LogP contribution in [0.25, 0.3) is 0 Å². The van der Waals surface area contributed by atoms with Crippen LogP contribution in [-0.2, 0) is 24.2 Å². The van der Waals surface area contributed by atoms with Crippen molar-refractivity contribution in [1.29, 1.82) is 0 Å². The van der Waals surface area contributed by atoms with Crippen LogP contribution in [0.4, 0.5) is 5.00 Å². The molecule has 142 valence electrons. The molecule has 0 bridgehead atoms. The van der Waals surface area contributed by atoms with Gasteiger partial charge in [-0.25, -0.2) is 4.79 Å². The third kappa shape index (κ3) is 3.92. The summed E-state index contributed by atoms with van der Waals surface area (Å²) in [6.45, 7) is 6.27. The zero-order valence-corrected chi connectivity index (χ0v) is 16.7. The van der Waals surface area contributed by atoms with Gasteiger partial charge in [0, 0.05) is 30.7 Å². The first-order valence-electron chi connectivity index (χ1n) is 8.38. The minimum atomic E-state index is -0.371. The molecule has 0 saturated carbocycles. The van der Waals surface area contributed by atoms with E-state index in [4.69, 9.17) is 4.74 Å². The van der Waals surface area contributed by atoms with Crippen molar-refractivity contribution in [2.45, 2.75) is 33.4 Å². The number of ether oxygens (including phenoxy) is 1. The molecule has 2 aromatic rings. The summed E-state index contributed by atoms with van der Waals surface area (Å²) in [4.78, 5) is 28.4. The first-order valence-corrected chi connectivity index (χ1v) is 9.20. The van der Waals surface area contributed by atoms with Crippen molar-refractivity contribution in [3.8, 4) is 0 Å². The number of hydrogen-bond acceptors (Lipinski definition) is 6. The van der Waals surface area contributed by atoms with Crippen molar-refractivity contribution in [3.05, 3.63) is 34.0 Å². The smallest absolute Gasteiger partial charge is 0.341 e. The fraction of sp³-hybridized carbons (Fsp3) is 0.471. The fourth-order valence-electron chi connectivity index (χ4n) is 2.98. The number of nitrogens with zero attached hydrogens (tertiary/aromatic N) is 3. The Morgan fingerprint density at radius 1 is 1.38 bits per heavy atom. The van der Waals surface area contributed by atoms with E-state index < -0.39 is 0 Å². The van der Waals surface area contributed by atoms with E-state index >= 15 is 0 Å². The standard InChI is InChI=1S/C17H22N4O3S.ClH/c1-4-21-12(6-8-18-21)15(22)19-16-14(17(23)24-5-2)11-7-9-20(3)10-13(11)25-16;/h6,8H,4-5,7,9-10H2,1-3H3,(H,19,22);1H. The van der Waals surface area contributed by atoms with Crippen LogP contribution in [0, 0.1) is 0 Å². The number of aromatic nitrogens is 2. The molecule has 3 rings (SSSR count). The van der Waals surface area contributed by atoms with Gasteiger partial charge in [-0.15, -0.1) is 23.7 Å². The topological polar surface area (TPSA) is 76.5 Å². The minimum Gasteiger partial charge on any atom is -0.462 e. The summed E-state index contributed by atoms with van der Waals surface area (Å²) in [7, 11) is 2.05. The Hall–Kier alpha value is -1.90. The van der Waals surface area contributed by atoms with Crippen molar-refractivity contribution in [1.82, 2.24) is 14.7 Å². The number of anilines is 1. The third-order valence-electron chi connectivity index (χ3n) is 4.20. The molecule has 9 heteroatoms. The summed E-state index contributed by atoms with van der Waals surface area (Å²) >= 11 is 1.45. The van der Waals surface area contributed by atoms with Gasteiger partial charge in [0.25, 0.3) is 5.91 Å². The van der Waals surface area contributed by atoms with Crippen molar-refractivity contribution in [2.75, 3.05) is 25.5 Å². The highest BCUT2D eigenvalue weighted by molar-refractivity contribution is 7.17. The van der Waals surface area contributed by atoms with Gasteiger partial charge in [0.1, 0.15) is 10.7 Å². The number of esters is 1. The fourth-order valence-corrected chi connectivity index (χ4v) is 4.29. The normalized spacial score (nSPS) is 13.7. The molecule has 0 aromatic carbocycles. The van der Waals surface area contributed by atoms with Crippen LogP contribution >= 0.6 is 23.7 Å². The summed E-state index contributed by atoms with van der Waals surface area (Å²) in [6.07, 6.45) is 2.37. The van der Waals surface area contributed by atoms with Crippen LogP contribution in [0.1, 0.15) is 45.1 Å². The number of hydrogen-bond donors (Lipinski definition) is 1. The average Bonchev–Trinajstić information content (AvgIpc) is 3.18. The van der Waals surface area contributed by atoms with E-state index in [0.717, 1.165) is 30.0 Å². The average molecular weight is 399 g/mol. The van der Waals surface area contributed by atoms with Crippen LogP contribution in [0.3, 0.4) is 0 Å². The van der Waals surface area contributed by atoms with E-state index in [9.17, 15) is 9.59 Å². The second kappa shape index (κ2) is 8.66. The second-order valence-electron chi connectivity index (χ2n) is 5.90. The van der Waals surface area contributed by atoms with Crippen molar-refractivity contribution in [3.63, 3.8) is 0 Å². The van der Waals surface area contributed by atoms with E-state index in [1.165, 1.54) is 11.3 Å². The molecule has 1 N–H and O–H groups in total. The first kappa shape index (κ1) is 20.4. The summed E-state index contributed by atoms with van der Waals surface area (Å²) in [6, 6.07) is 1.67. The number of fused-ring (bicyclic) bond motifs is 1. The highest BCUT2D eigenvalue weighted by atomic mass is 35.5. The third-order valence-corrected chi connectivity index (χ3v) is 5.34. The van der Waals surface area contributed by atoms with Crippen molar-refractivity contribution >= 4 is 40.6 Å². The Morgan fingerprint density at radius 2 is 2.15 bits per heavy atom. The largest absolute Gasteiger partial charge is 0.462 e. The maximum absolute atomic E-state index is 12.6. The highest BCUT2D eigenvalue weighted by Gasteiger charge is 2.29. The number of carbonyl (C=O) groups excluding carboxylic acids is 2. The molecule has 0 radical (unpaired) electrons. The minimum absolute atomic E-state index is 0. The number of amides is 1. The zero-order valence-electron chi connectivity index (χ0n) is 15.1. The van der Waals surface area contributed by atoms with Gasteiger partial charge in [-0.05, 0) is 38.9 Å². The van der Waals surface area contributed by atoms with Gasteiger partial charge >= 0.3 is 5.97 Å². The quantitative estimate of drug-likeness (QED) is 0.783. The van der Waals surface area contributed by atoms with Crippen LogP contribution < -0.4 is 5.32 Å². The molecular formula is C17H23ClN4O3S. The van der Waals surface area contributed by atoms with Crippen LogP contribution in [0.5, 0.6) is 0 Å². The maximum atomic E-state index is 12.6. The summed E-state index contributed by atoms with van der Waals surface area (Å²) in [5, 5.41) is 7.58. The Bertz CT molecular complexity index is 802. The lowest BCUT2D eigenvalue weighted by atomic mass is 10.0. The molecule has 0 unspecified atom stereocenters.